The highest BCUT2D eigenvalue weighted by atomic mass is 35.5. The van der Waals surface area contributed by atoms with Gasteiger partial charge in [0.25, 0.3) is 0 Å². The number of hydrogen-bond donors (Lipinski definition) is 0. The van der Waals surface area contributed by atoms with E-state index in [2.05, 4.69) is 6.92 Å². The fourth-order valence-corrected chi connectivity index (χ4v) is 2.53. The van der Waals surface area contributed by atoms with Gasteiger partial charge in [0.05, 0.1) is 6.61 Å². The highest BCUT2D eigenvalue weighted by Crippen LogP contribution is 2.23. The van der Waals surface area contributed by atoms with Crippen molar-refractivity contribution in [2.75, 3.05) is 6.61 Å². The Balaban J connectivity index is 2.26. The van der Waals surface area contributed by atoms with Crippen LogP contribution in [-0.4, -0.2) is 18.5 Å². The van der Waals surface area contributed by atoms with Crippen molar-refractivity contribution >= 4 is 23.5 Å². The molecule has 0 N–H and O–H groups in total. The van der Waals surface area contributed by atoms with Gasteiger partial charge in [-0.25, -0.2) is 0 Å². The van der Waals surface area contributed by atoms with E-state index in [0.29, 0.717) is 17.4 Å². The number of benzene rings is 1. The Kier molecular flexibility index (Phi) is 10.3. The highest BCUT2D eigenvalue weighted by molar-refractivity contribution is 6.30. The Hall–Kier alpha value is -1.55. The third-order valence-electron chi connectivity index (χ3n) is 4.28. The van der Waals surface area contributed by atoms with Crippen LogP contribution in [0.4, 0.5) is 0 Å². The van der Waals surface area contributed by atoms with Gasteiger partial charge in [-0.15, -0.1) is 0 Å². The molecule has 0 aliphatic heterocycles. The fraction of sp³-hybridized carbons (Fsp3) is 0.619. The maximum Gasteiger partial charge on any atom is 0.328 e. The average Bonchev–Trinajstić information content (AvgIpc) is 2.61. The minimum atomic E-state index is -1.35. The Labute approximate surface area is 162 Å². The molecule has 0 saturated carbocycles. The SMILES string of the molecule is CCCCCCCCCCOC(=O)C(C)(C)C(=O)Oc1ccc(Cl)cc1. The molecule has 0 aromatic heterocycles. The van der Waals surface area contributed by atoms with Gasteiger partial charge < -0.3 is 9.47 Å². The summed E-state index contributed by atoms with van der Waals surface area (Å²) < 4.78 is 10.5. The predicted octanol–water partition coefficient (Wildman–Crippen LogP) is 5.96. The van der Waals surface area contributed by atoms with E-state index in [4.69, 9.17) is 21.1 Å². The van der Waals surface area contributed by atoms with Gasteiger partial charge in [0, 0.05) is 5.02 Å². The molecule has 1 aromatic rings. The number of unbranched alkanes of at least 4 members (excludes halogenated alkanes) is 7. The lowest BCUT2D eigenvalue weighted by Crippen LogP contribution is -2.38. The molecule has 1 aromatic carbocycles. The highest BCUT2D eigenvalue weighted by Gasteiger charge is 2.39. The van der Waals surface area contributed by atoms with Gasteiger partial charge in [0.15, 0.2) is 5.41 Å². The summed E-state index contributed by atoms with van der Waals surface area (Å²) in [6, 6.07) is 6.42. The monoisotopic (exact) mass is 382 g/mol. The minimum Gasteiger partial charge on any atom is -0.465 e. The lowest BCUT2D eigenvalue weighted by molar-refractivity contribution is -0.164. The second-order valence-electron chi connectivity index (χ2n) is 7.08. The molecule has 0 saturated heterocycles. The van der Waals surface area contributed by atoms with E-state index < -0.39 is 17.4 Å². The zero-order valence-electron chi connectivity index (χ0n) is 16.2. The van der Waals surface area contributed by atoms with Gasteiger partial charge in [0.1, 0.15) is 5.75 Å². The van der Waals surface area contributed by atoms with Crippen LogP contribution >= 0.6 is 11.6 Å². The standard InChI is InChI=1S/C21H31ClO4/c1-4-5-6-7-8-9-10-11-16-25-19(23)21(2,3)20(24)26-18-14-12-17(22)13-15-18/h12-15H,4-11,16H2,1-3H3. The fourth-order valence-electron chi connectivity index (χ4n) is 2.40. The first-order valence-electron chi connectivity index (χ1n) is 9.53. The molecular formula is C21H31ClO4. The molecule has 0 unspecified atom stereocenters. The molecule has 0 aliphatic rings. The summed E-state index contributed by atoms with van der Waals surface area (Å²) in [5, 5.41) is 0.550. The Morgan fingerprint density at radius 3 is 2.00 bits per heavy atom. The molecular weight excluding hydrogens is 352 g/mol. The van der Waals surface area contributed by atoms with Gasteiger partial charge in [-0.2, -0.15) is 0 Å². The molecule has 26 heavy (non-hydrogen) atoms. The van der Waals surface area contributed by atoms with E-state index in [9.17, 15) is 9.59 Å². The first-order chi connectivity index (χ1) is 12.4. The smallest absolute Gasteiger partial charge is 0.328 e. The summed E-state index contributed by atoms with van der Waals surface area (Å²) in [4.78, 5) is 24.5. The molecule has 0 bridgehead atoms. The summed E-state index contributed by atoms with van der Waals surface area (Å²) in [7, 11) is 0. The summed E-state index contributed by atoms with van der Waals surface area (Å²) in [6.45, 7) is 5.58. The molecule has 146 valence electrons. The third-order valence-corrected chi connectivity index (χ3v) is 4.53. The number of carbonyl (C=O) groups is 2. The third kappa shape index (κ3) is 8.22. The number of halogens is 1. The van der Waals surface area contributed by atoms with Gasteiger partial charge >= 0.3 is 11.9 Å². The molecule has 0 amide bonds. The lowest BCUT2D eigenvalue weighted by atomic mass is 9.94. The van der Waals surface area contributed by atoms with Crippen LogP contribution in [0.5, 0.6) is 5.75 Å². The number of esters is 2. The number of hydrogen-bond acceptors (Lipinski definition) is 4. The van der Waals surface area contributed by atoms with E-state index in [0.717, 1.165) is 19.3 Å². The van der Waals surface area contributed by atoms with Crippen molar-refractivity contribution < 1.29 is 19.1 Å². The van der Waals surface area contributed by atoms with Gasteiger partial charge in [-0.1, -0.05) is 63.5 Å². The zero-order valence-corrected chi connectivity index (χ0v) is 16.9. The molecule has 5 heteroatoms. The lowest BCUT2D eigenvalue weighted by Gasteiger charge is -2.20. The van der Waals surface area contributed by atoms with Crippen molar-refractivity contribution in [3.05, 3.63) is 29.3 Å². The maximum atomic E-state index is 12.3. The molecule has 0 heterocycles. The normalized spacial score (nSPS) is 11.2. The Bertz CT molecular complexity index is 552. The van der Waals surface area contributed by atoms with E-state index >= 15 is 0 Å². The van der Waals surface area contributed by atoms with Crippen LogP contribution < -0.4 is 4.74 Å². The van der Waals surface area contributed by atoms with Crippen molar-refractivity contribution in [1.82, 2.24) is 0 Å². The van der Waals surface area contributed by atoms with Crippen LogP contribution in [0.25, 0.3) is 0 Å². The van der Waals surface area contributed by atoms with E-state index in [1.54, 1.807) is 24.3 Å². The van der Waals surface area contributed by atoms with Crippen molar-refractivity contribution in [3.63, 3.8) is 0 Å². The second kappa shape index (κ2) is 11.9. The number of carbonyl (C=O) groups excluding carboxylic acids is 2. The van der Waals surface area contributed by atoms with Crippen LogP contribution in [0, 0.1) is 5.41 Å². The first kappa shape index (κ1) is 22.5. The summed E-state index contributed by atoms with van der Waals surface area (Å²) in [6.07, 6.45) is 9.38. The molecule has 0 fully saturated rings. The summed E-state index contributed by atoms with van der Waals surface area (Å²) in [5.74, 6) is -0.844. The van der Waals surface area contributed by atoms with Crippen molar-refractivity contribution in [2.24, 2.45) is 5.41 Å². The van der Waals surface area contributed by atoms with Crippen LogP contribution in [0.1, 0.15) is 72.1 Å². The largest absolute Gasteiger partial charge is 0.465 e. The number of ether oxygens (including phenoxy) is 2. The maximum absolute atomic E-state index is 12.3. The summed E-state index contributed by atoms with van der Waals surface area (Å²) >= 11 is 5.80. The number of rotatable bonds is 12. The van der Waals surface area contributed by atoms with E-state index in [1.807, 2.05) is 0 Å². The minimum absolute atomic E-state index is 0.339. The van der Waals surface area contributed by atoms with E-state index in [1.165, 1.54) is 46.0 Å². The van der Waals surface area contributed by atoms with Crippen LogP contribution in [0.15, 0.2) is 24.3 Å². The van der Waals surface area contributed by atoms with Gasteiger partial charge in [-0.05, 0) is 44.5 Å². The Morgan fingerprint density at radius 1 is 0.885 bits per heavy atom. The van der Waals surface area contributed by atoms with Gasteiger partial charge in [0.2, 0.25) is 0 Å². The first-order valence-corrected chi connectivity index (χ1v) is 9.90. The Morgan fingerprint density at radius 2 is 1.42 bits per heavy atom. The predicted molar refractivity (Wildman–Crippen MR) is 104 cm³/mol. The van der Waals surface area contributed by atoms with E-state index in [-0.39, 0.29) is 0 Å². The molecule has 0 spiro atoms. The zero-order chi connectivity index (χ0) is 19.4. The van der Waals surface area contributed by atoms with Crippen molar-refractivity contribution in [3.8, 4) is 5.75 Å². The second-order valence-corrected chi connectivity index (χ2v) is 7.52. The topological polar surface area (TPSA) is 52.6 Å². The molecule has 0 aliphatic carbocycles. The molecule has 0 radical (unpaired) electrons. The molecule has 0 atom stereocenters. The molecule has 4 nitrogen and oxygen atoms in total. The van der Waals surface area contributed by atoms with Crippen molar-refractivity contribution in [2.45, 2.75) is 72.1 Å². The van der Waals surface area contributed by atoms with Crippen LogP contribution in [0.2, 0.25) is 5.02 Å². The quantitative estimate of drug-likeness (QED) is 0.194. The molecule has 1 rings (SSSR count). The van der Waals surface area contributed by atoms with Crippen LogP contribution in [0.3, 0.4) is 0 Å². The van der Waals surface area contributed by atoms with Crippen LogP contribution in [-0.2, 0) is 14.3 Å². The summed E-state index contributed by atoms with van der Waals surface area (Å²) in [5.41, 5.74) is -1.35. The van der Waals surface area contributed by atoms with Gasteiger partial charge in [-0.3, -0.25) is 9.59 Å². The average molecular weight is 383 g/mol. The van der Waals surface area contributed by atoms with Crippen molar-refractivity contribution in [1.29, 1.82) is 0 Å².